The minimum absolute atomic E-state index is 0.0125. The normalized spacial score (nSPS) is 12.5. The van der Waals surface area contributed by atoms with Gasteiger partial charge in [-0.05, 0) is 13.8 Å². The molecule has 0 unspecified atom stereocenters. The summed E-state index contributed by atoms with van der Waals surface area (Å²) in [6.07, 6.45) is 1.96. The predicted molar refractivity (Wildman–Crippen MR) is 61.6 cm³/mol. The summed E-state index contributed by atoms with van der Waals surface area (Å²) in [5.74, 6) is -1.80. The highest BCUT2D eigenvalue weighted by molar-refractivity contribution is 7.92. The van der Waals surface area contributed by atoms with Gasteiger partial charge in [0.1, 0.15) is 5.82 Å². The Labute approximate surface area is 99.0 Å². The van der Waals surface area contributed by atoms with E-state index in [0.717, 1.165) is 12.5 Å². The van der Waals surface area contributed by atoms with E-state index >= 15 is 0 Å². The molecule has 0 fully saturated rings. The third-order valence-corrected chi connectivity index (χ3v) is 4.65. The number of hydrogen-bond acceptors (Lipinski definition) is 4. The summed E-state index contributed by atoms with van der Waals surface area (Å²) >= 11 is 0. The number of aromatic nitrogens is 1. The first-order chi connectivity index (χ1) is 7.63. The smallest absolute Gasteiger partial charge is 0.168 e. The molecule has 0 aliphatic rings. The van der Waals surface area contributed by atoms with Crippen LogP contribution in [-0.4, -0.2) is 30.9 Å². The third-order valence-electron chi connectivity index (χ3n) is 2.49. The summed E-state index contributed by atoms with van der Waals surface area (Å²) in [6.45, 7) is 3.01. The van der Waals surface area contributed by atoms with Crippen LogP contribution in [0.25, 0.3) is 0 Å². The van der Waals surface area contributed by atoms with Crippen LogP contribution in [0.1, 0.15) is 13.8 Å². The van der Waals surface area contributed by atoms with Crippen LogP contribution in [0.15, 0.2) is 12.3 Å². The number of pyridine rings is 1. The Kier molecular flexibility index (Phi) is 3.71. The molecule has 0 atom stereocenters. The summed E-state index contributed by atoms with van der Waals surface area (Å²) in [6, 6.07) is 0.683. The second-order valence-corrected chi connectivity index (χ2v) is 7.02. The van der Waals surface area contributed by atoms with E-state index in [9.17, 15) is 17.2 Å². The van der Waals surface area contributed by atoms with Crippen molar-refractivity contribution in [1.29, 1.82) is 0 Å². The van der Waals surface area contributed by atoms with Crippen LogP contribution < -0.4 is 5.32 Å². The third kappa shape index (κ3) is 3.36. The minimum Gasteiger partial charge on any atom is -0.366 e. The van der Waals surface area contributed by atoms with Gasteiger partial charge in [0.15, 0.2) is 21.5 Å². The number of rotatable bonds is 4. The lowest BCUT2D eigenvalue weighted by Gasteiger charge is -2.23. The van der Waals surface area contributed by atoms with Crippen LogP contribution >= 0.6 is 0 Å². The zero-order valence-electron chi connectivity index (χ0n) is 9.79. The molecule has 1 N–H and O–H groups in total. The number of anilines is 1. The molecule has 1 heterocycles. The molecular weight excluding hydrogens is 250 g/mol. The van der Waals surface area contributed by atoms with Crippen molar-refractivity contribution in [2.75, 3.05) is 18.1 Å². The SMILES string of the molecule is CC(C)(CNc1ncc(F)cc1F)S(C)(=O)=O. The Balaban J connectivity index is 2.81. The van der Waals surface area contributed by atoms with Crippen LogP contribution in [0, 0.1) is 11.6 Å². The number of nitrogens with zero attached hydrogens (tertiary/aromatic N) is 1. The molecule has 0 amide bonds. The predicted octanol–water partition coefficient (Wildman–Crippen LogP) is 1.59. The molecule has 17 heavy (non-hydrogen) atoms. The van der Waals surface area contributed by atoms with Gasteiger partial charge in [-0.1, -0.05) is 0 Å². The molecule has 4 nitrogen and oxygen atoms in total. The highest BCUT2D eigenvalue weighted by Gasteiger charge is 2.30. The van der Waals surface area contributed by atoms with Gasteiger partial charge in [0.25, 0.3) is 0 Å². The minimum atomic E-state index is -3.28. The van der Waals surface area contributed by atoms with Crippen LogP contribution in [-0.2, 0) is 9.84 Å². The molecule has 0 radical (unpaired) electrons. The molecule has 7 heteroatoms. The largest absolute Gasteiger partial charge is 0.366 e. The van der Waals surface area contributed by atoms with E-state index in [4.69, 9.17) is 0 Å². The fourth-order valence-corrected chi connectivity index (χ4v) is 1.31. The monoisotopic (exact) mass is 264 g/mol. The van der Waals surface area contributed by atoms with Crippen LogP contribution in [0.3, 0.4) is 0 Å². The maximum absolute atomic E-state index is 13.2. The lowest BCUT2D eigenvalue weighted by Crippen LogP contribution is -2.38. The zero-order valence-corrected chi connectivity index (χ0v) is 10.6. The summed E-state index contributed by atoms with van der Waals surface area (Å²) in [4.78, 5) is 3.51. The maximum atomic E-state index is 13.2. The molecular formula is C10H14F2N2O2S. The molecule has 0 saturated carbocycles. The van der Waals surface area contributed by atoms with E-state index in [-0.39, 0.29) is 12.4 Å². The number of nitrogens with one attached hydrogen (secondary N) is 1. The molecule has 0 aliphatic heterocycles. The quantitative estimate of drug-likeness (QED) is 0.897. The van der Waals surface area contributed by atoms with E-state index in [1.807, 2.05) is 0 Å². The second-order valence-electron chi connectivity index (χ2n) is 4.37. The average molecular weight is 264 g/mol. The molecule has 0 aromatic carbocycles. The average Bonchev–Trinajstić information content (AvgIpc) is 2.14. The van der Waals surface area contributed by atoms with Crippen LogP contribution in [0.4, 0.5) is 14.6 Å². The van der Waals surface area contributed by atoms with E-state index < -0.39 is 26.2 Å². The number of halogens is 2. The Morgan fingerprint density at radius 1 is 1.41 bits per heavy atom. The Morgan fingerprint density at radius 2 is 2.00 bits per heavy atom. The van der Waals surface area contributed by atoms with Crippen molar-refractivity contribution in [2.45, 2.75) is 18.6 Å². The molecule has 1 rings (SSSR count). The fourth-order valence-electron chi connectivity index (χ4n) is 0.972. The number of hydrogen-bond donors (Lipinski definition) is 1. The summed E-state index contributed by atoms with van der Waals surface area (Å²) in [7, 11) is -3.28. The second kappa shape index (κ2) is 4.56. The van der Waals surface area contributed by atoms with Gasteiger partial charge in [-0.25, -0.2) is 22.2 Å². The van der Waals surface area contributed by atoms with Crippen LogP contribution in [0.2, 0.25) is 0 Å². The fraction of sp³-hybridized carbons (Fsp3) is 0.500. The van der Waals surface area contributed by atoms with Gasteiger partial charge >= 0.3 is 0 Å². The van der Waals surface area contributed by atoms with E-state index in [0.29, 0.717) is 6.07 Å². The summed E-state index contributed by atoms with van der Waals surface area (Å²) < 4.78 is 47.5. The van der Waals surface area contributed by atoms with Gasteiger partial charge in [0, 0.05) is 18.9 Å². The Morgan fingerprint density at radius 3 is 2.47 bits per heavy atom. The highest BCUT2D eigenvalue weighted by Crippen LogP contribution is 2.17. The van der Waals surface area contributed by atoms with Crippen molar-refractivity contribution in [1.82, 2.24) is 4.98 Å². The number of sulfone groups is 1. The van der Waals surface area contributed by atoms with Gasteiger partial charge in [-0.15, -0.1) is 0 Å². The summed E-state index contributed by atoms with van der Waals surface area (Å²) in [5, 5.41) is 2.56. The first kappa shape index (κ1) is 13.8. The topological polar surface area (TPSA) is 59.1 Å². The maximum Gasteiger partial charge on any atom is 0.168 e. The van der Waals surface area contributed by atoms with Gasteiger partial charge in [-0.2, -0.15) is 0 Å². The molecule has 0 bridgehead atoms. The van der Waals surface area contributed by atoms with E-state index in [1.165, 1.54) is 13.8 Å². The molecule has 0 saturated heterocycles. The van der Waals surface area contributed by atoms with Crippen LogP contribution in [0.5, 0.6) is 0 Å². The Hall–Kier alpha value is -1.24. The highest BCUT2D eigenvalue weighted by atomic mass is 32.2. The van der Waals surface area contributed by atoms with E-state index in [2.05, 4.69) is 10.3 Å². The first-order valence-electron chi connectivity index (χ1n) is 4.88. The van der Waals surface area contributed by atoms with Crippen molar-refractivity contribution in [3.63, 3.8) is 0 Å². The summed E-state index contributed by atoms with van der Waals surface area (Å²) in [5.41, 5.74) is 0. The van der Waals surface area contributed by atoms with Crippen molar-refractivity contribution >= 4 is 15.7 Å². The molecule has 0 spiro atoms. The van der Waals surface area contributed by atoms with Gasteiger partial charge in [0.05, 0.1) is 10.9 Å². The standard InChI is InChI=1S/C10H14F2N2O2S/c1-10(2,17(3,15)16)6-14-9-8(12)4-7(11)5-13-9/h4-5H,6H2,1-3H3,(H,13,14). The zero-order chi connectivity index (χ0) is 13.3. The Bertz CT molecular complexity index is 515. The molecule has 96 valence electrons. The van der Waals surface area contributed by atoms with Crippen molar-refractivity contribution in [2.24, 2.45) is 0 Å². The van der Waals surface area contributed by atoms with Crippen molar-refractivity contribution < 1.29 is 17.2 Å². The van der Waals surface area contributed by atoms with Gasteiger partial charge in [0.2, 0.25) is 0 Å². The van der Waals surface area contributed by atoms with E-state index in [1.54, 1.807) is 0 Å². The first-order valence-corrected chi connectivity index (χ1v) is 6.77. The van der Waals surface area contributed by atoms with Crippen molar-refractivity contribution in [3.05, 3.63) is 23.9 Å². The lowest BCUT2D eigenvalue weighted by molar-refractivity contribution is 0.555. The molecule has 1 aromatic rings. The molecule has 1 aromatic heterocycles. The van der Waals surface area contributed by atoms with Crippen molar-refractivity contribution in [3.8, 4) is 0 Å². The molecule has 0 aliphatic carbocycles. The van der Waals surface area contributed by atoms with Gasteiger partial charge < -0.3 is 5.32 Å². The lowest BCUT2D eigenvalue weighted by atomic mass is 10.2. The van der Waals surface area contributed by atoms with Gasteiger partial charge in [-0.3, -0.25) is 0 Å².